The summed E-state index contributed by atoms with van der Waals surface area (Å²) < 4.78 is 7.89. The van der Waals surface area contributed by atoms with Crippen LogP contribution in [0.4, 0.5) is 5.69 Å². The summed E-state index contributed by atoms with van der Waals surface area (Å²) in [6.45, 7) is 5.71. The van der Waals surface area contributed by atoms with Crippen molar-refractivity contribution in [3.63, 3.8) is 0 Å². The first kappa shape index (κ1) is 18.9. The molecule has 0 aliphatic carbocycles. The highest BCUT2D eigenvalue weighted by Gasteiger charge is 2.34. The molecule has 0 fully saturated rings. The molecule has 0 saturated carbocycles. The third-order valence-electron chi connectivity index (χ3n) is 4.62. The van der Waals surface area contributed by atoms with Gasteiger partial charge in [-0.25, -0.2) is 9.50 Å². The van der Waals surface area contributed by atoms with Crippen molar-refractivity contribution >= 4 is 38.9 Å². The molecular formula is C17H19BrN6O3. The van der Waals surface area contributed by atoms with Crippen molar-refractivity contribution in [2.45, 2.75) is 32.2 Å². The van der Waals surface area contributed by atoms with Crippen molar-refractivity contribution in [1.82, 2.24) is 14.6 Å². The molecule has 0 spiro atoms. The molecule has 3 heterocycles. The van der Waals surface area contributed by atoms with E-state index in [9.17, 15) is 9.59 Å². The number of fused-ring (bicyclic) bond motifs is 1. The van der Waals surface area contributed by atoms with Crippen LogP contribution in [0.2, 0.25) is 0 Å². The largest absolute Gasteiger partial charge is 0.447 e. The number of halogens is 1. The van der Waals surface area contributed by atoms with Crippen molar-refractivity contribution in [3.8, 4) is 0 Å². The van der Waals surface area contributed by atoms with Gasteiger partial charge < -0.3 is 21.2 Å². The van der Waals surface area contributed by atoms with Crippen LogP contribution in [0.3, 0.4) is 0 Å². The number of nitrogens with one attached hydrogen (secondary N) is 1. The SMILES string of the molecule is C[C@@H](Nc1c(C(N)=O)cnn2cc(Br)cc12)C(C)(C)c1nc(C(N)=O)co1. The lowest BCUT2D eigenvalue weighted by Crippen LogP contribution is -2.38. The Morgan fingerprint density at radius 1 is 1.33 bits per heavy atom. The van der Waals surface area contributed by atoms with Crippen molar-refractivity contribution in [3.05, 3.63) is 46.3 Å². The molecule has 5 N–H and O–H groups in total. The number of amides is 2. The van der Waals surface area contributed by atoms with E-state index >= 15 is 0 Å². The third kappa shape index (κ3) is 3.39. The Bertz CT molecular complexity index is 1040. The highest BCUT2D eigenvalue weighted by atomic mass is 79.9. The van der Waals surface area contributed by atoms with E-state index in [1.807, 2.05) is 26.8 Å². The molecule has 3 aromatic heterocycles. The first-order valence-electron chi connectivity index (χ1n) is 8.10. The zero-order chi connectivity index (χ0) is 19.9. The number of anilines is 1. The third-order valence-corrected chi connectivity index (χ3v) is 5.05. The Morgan fingerprint density at radius 2 is 2.04 bits per heavy atom. The quantitative estimate of drug-likeness (QED) is 0.541. The molecular weight excluding hydrogens is 416 g/mol. The molecule has 1 atom stereocenters. The highest BCUT2D eigenvalue weighted by Crippen LogP contribution is 2.32. The van der Waals surface area contributed by atoms with E-state index in [4.69, 9.17) is 15.9 Å². The molecule has 2 amide bonds. The Kier molecular flexibility index (Phi) is 4.68. The molecule has 0 aliphatic heterocycles. The lowest BCUT2D eigenvalue weighted by molar-refractivity contribution is 0.0989. The van der Waals surface area contributed by atoms with Crippen molar-refractivity contribution in [1.29, 1.82) is 0 Å². The van der Waals surface area contributed by atoms with Crippen LogP contribution in [0.5, 0.6) is 0 Å². The summed E-state index contributed by atoms with van der Waals surface area (Å²) in [6.07, 6.45) is 4.42. The van der Waals surface area contributed by atoms with Gasteiger partial charge in [-0.15, -0.1) is 0 Å². The van der Waals surface area contributed by atoms with Gasteiger partial charge in [0, 0.05) is 16.7 Å². The van der Waals surface area contributed by atoms with E-state index in [0.717, 1.165) is 4.47 Å². The average molecular weight is 435 g/mol. The molecule has 3 rings (SSSR count). The molecule has 27 heavy (non-hydrogen) atoms. The lowest BCUT2D eigenvalue weighted by atomic mass is 9.85. The second kappa shape index (κ2) is 6.69. The van der Waals surface area contributed by atoms with Crippen LogP contribution in [0.1, 0.15) is 47.5 Å². The molecule has 10 heteroatoms. The minimum Gasteiger partial charge on any atom is -0.447 e. The minimum absolute atomic E-state index is 0.0601. The topological polar surface area (TPSA) is 142 Å². The Labute approximate surface area is 163 Å². The van der Waals surface area contributed by atoms with Gasteiger partial charge in [-0.2, -0.15) is 5.10 Å². The van der Waals surface area contributed by atoms with Crippen LogP contribution >= 0.6 is 15.9 Å². The van der Waals surface area contributed by atoms with Gasteiger partial charge in [0.05, 0.1) is 28.4 Å². The van der Waals surface area contributed by atoms with Gasteiger partial charge in [0.1, 0.15) is 6.26 Å². The van der Waals surface area contributed by atoms with E-state index in [-0.39, 0.29) is 17.3 Å². The first-order valence-corrected chi connectivity index (χ1v) is 8.89. The molecule has 3 aromatic rings. The Hall–Kier alpha value is -2.88. The van der Waals surface area contributed by atoms with Crippen molar-refractivity contribution in [2.75, 3.05) is 5.32 Å². The zero-order valence-corrected chi connectivity index (χ0v) is 16.6. The van der Waals surface area contributed by atoms with Crippen LogP contribution < -0.4 is 16.8 Å². The normalized spacial score (nSPS) is 12.9. The molecule has 0 radical (unpaired) electrons. The summed E-state index contributed by atoms with van der Waals surface area (Å²) in [6, 6.07) is 1.58. The predicted molar refractivity (Wildman–Crippen MR) is 103 cm³/mol. The van der Waals surface area contributed by atoms with Gasteiger partial charge in [-0.05, 0) is 42.8 Å². The second-order valence-corrected chi connectivity index (χ2v) is 7.69. The summed E-state index contributed by atoms with van der Waals surface area (Å²) in [7, 11) is 0. The minimum atomic E-state index is -0.661. The fraction of sp³-hybridized carbons (Fsp3) is 0.294. The smallest absolute Gasteiger partial charge is 0.270 e. The molecule has 0 unspecified atom stereocenters. The number of hydrogen-bond acceptors (Lipinski definition) is 6. The summed E-state index contributed by atoms with van der Waals surface area (Å²) in [5.41, 5.74) is 11.7. The average Bonchev–Trinajstić information content (AvgIpc) is 3.21. The zero-order valence-electron chi connectivity index (χ0n) is 15.0. The fourth-order valence-corrected chi connectivity index (χ4v) is 3.04. The van der Waals surface area contributed by atoms with E-state index in [2.05, 4.69) is 31.3 Å². The van der Waals surface area contributed by atoms with Gasteiger partial charge in [0.2, 0.25) is 5.89 Å². The number of primary amides is 2. The molecule has 0 bridgehead atoms. The maximum Gasteiger partial charge on any atom is 0.270 e. The van der Waals surface area contributed by atoms with E-state index in [1.165, 1.54) is 12.5 Å². The molecule has 0 saturated heterocycles. The monoisotopic (exact) mass is 434 g/mol. The summed E-state index contributed by atoms with van der Waals surface area (Å²) in [5, 5.41) is 7.52. The van der Waals surface area contributed by atoms with Gasteiger partial charge in [0.15, 0.2) is 5.69 Å². The van der Waals surface area contributed by atoms with Crippen LogP contribution in [0.25, 0.3) is 5.52 Å². The molecule has 0 aliphatic rings. The number of carbonyl (C=O) groups excluding carboxylic acids is 2. The van der Waals surface area contributed by atoms with E-state index < -0.39 is 17.2 Å². The standard InChI is InChI=1S/C17H19BrN6O3/c1-8(17(2,3)16-23-11(7-27-16)15(20)26)22-13-10(14(19)25)5-21-24-6-9(18)4-12(13)24/h4-8,22H,1-3H3,(H2,19,25)(H2,20,26)/t8-/m1/s1. The second-order valence-electron chi connectivity index (χ2n) is 6.78. The van der Waals surface area contributed by atoms with Crippen molar-refractivity contribution in [2.24, 2.45) is 11.5 Å². The maximum atomic E-state index is 11.9. The number of aromatic nitrogens is 3. The predicted octanol–water partition coefficient (Wildman–Crippen LogP) is 2.06. The van der Waals surface area contributed by atoms with Gasteiger partial charge >= 0.3 is 0 Å². The van der Waals surface area contributed by atoms with Gasteiger partial charge in [0.25, 0.3) is 11.8 Å². The van der Waals surface area contributed by atoms with Crippen LogP contribution in [0.15, 0.2) is 33.6 Å². The summed E-state index contributed by atoms with van der Waals surface area (Å²) >= 11 is 3.41. The first-order chi connectivity index (χ1) is 12.6. The number of oxazole rings is 1. The molecule has 0 aromatic carbocycles. The molecule has 142 valence electrons. The summed E-state index contributed by atoms with van der Waals surface area (Å²) in [4.78, 5) is 27.3. The maximum absolute atomic E-state index is 11.9. The van der Waals surface area contributed by atoms with Crippen LogP contribution in [0, 0.1) is 0 Å². The number of nitrogens with zero attached hydrogens (tertiary/aromatic N) is 3. The molecule has 9 nitrogen and oxygen atoms in total. The van der Waals surface area contributed by atoms with Crippen LogP contribution in [-0.2, 0) is 5.41 Å². The number of rotatable bonds is 6. The number of hydrogen-bond donors (Lipinski definition) is 3. The Balaban J connectivity index is 2.01. The van der Waals surface area contributed by atoms with Crippen LogP contribution in [-0.4, -0.2) is 32.5 Å². The lowest BCUT2D eigenvalue weighted by Gasteiger charge is -2.30. The fourth-order valence-electron chi connectivity index (χ4n) is 2.63. The summed E-state index contributed by atoms with van der Waals surface area (Å²) in [5.74, 6) is -0.910. The van der Waals surface area contributed by atoms with Crippen molar-refractivity contribution < 1.29 is 14.0 Å². The van der Waals surface area contributed by atoms with Gasteiger partial charge in [-0.3, -0.25) is 9.59 Å². The number of carbonyl (C=O) groups is 2. The Morgan fingerprint density at radius 3 is 2.63 bits per heavy atom. The highest BCUT2D eigenvalue weighted by molar-refractivity contribution is 9.10. The van der Waals surface area contributed by atoms with E-state index in [0.29, 0.717) is 17.1 Å². The van der Waals surface area contributed by atoms with Gasteiger partial charge in [-0.1, -0.05) is 0 Å². The van der Waals surface area contributed by atoms with E-state index in [1.54, 1.807) is 10.7 Å². The number of nitrogens with two attached hydrogens (primary N) is 2.